The van der Waals surface area contributed by atoms with E-state index in [1.54, 1.807) is 11.1 Å². The fourth-order valence-corrected chi connectivity index (χ4v) is 3.34. The predicted molar refractivity (Wildman–Crippen MR) is 94.7 cm³/mol. The molecule has 1 saturated carbocycles. The van der Waals surface area contributed by atoms with Gasteiger partial charge in [0.1, 0.15) is 0 Å². The van der Waals surface area contributed by atoms with Crippen molar-refractivity contribution in [2.75, 3.05) is 6.54 Å². The van der Waals surface area contributed by atoms with Crippen LogP contribution in [0.15, 0.2) is 29.3 Å². The predicted octanol–water partition coefficient (Wildman–Crippen LogP) is 2.89. The average Bonchev–Trinajstić information content (AvgIpc) is 2.95. The number of nitrogens with two attached hydrogens (primary N) is 1. The molecule has 2 aliphatic rings. The second kappa shape index (κ2) is 6.33. The van der Waals surface area contributed by atoms with E-state index < -0.39 is 0 Å². The maximum Gasteiger partial charge on any atom is 0.188 e. The Morgan fingerprint density at radius 3 is 2.95 bits per heavy atom. The number of nitrogens with one attached hydrogen (secondary N) is 1. The van der Waals surface area contributed by atoms with Crippen molar-refractivity contribution in [3.8, 4) is 0 Å². The maximum atomic E-state index is 5.91. The third-order valence-corrected chi connectivity index (χ3v) is 4.68. The van der Waals surface area contributed by atoms with Crippen LogP contribution in [0, 0.1) is 11.8 Å². The SMILES string of the molecule is CCC(C)NC(N)=NCC1C2Cc3ccccc3C12.I. The first-order valence-corrected chi connectivity index (χ1v) is 7.35. The second-order valence-electron chi connectivity index (χ2n) is 5.94. The van der Waals surface area contributed by atoms with Crippen molar-refractivity contribution in [3.05, 3.63) is 35.4 Å². The van der Waals surface area contributed by atoms with Crippen LogP contribution >= 0.6 is 24.0 Å². The van der Waals surface area contributed by atoms with Crippen molar-refractivity contribution in [1.29, 1.82) is 0 Å². The highest BCUT2D eigenvalue weighted by molar-refractivity contribution is 14.0. The topological polar surface area (TPSA) is 50.4 Å². The molecule has 4 unspecified atom stereocenters. The summed E-state index contributed by atoms with van der Waals surface area (Å²) < 4.78 is 0. The first kappa shape index (κ1) is 15.6. The van der Waals surface area contributed by atoms with Crippen LogP contribution in [-0.2, 0) is 6.42 Å². The van der Waals surface area contributed by atoms with E-state index in [-0.39, 0.29) is 24.0 Å². The molecule has 0 bridgehead atoms. The lowest BCUT2D eigenvalue weighted by molar-refractivity contribution is 0.631. The molecule has 110 valence electrons. The summed E-state index contributed by atoms with van der Waals surface area (Å²) in [6.07, 6.45) is 2.30. The molecule has 3 N–H and O–H groups in total. The van der Waals surface area contributed by atoms with E-state index in [9.17, 15) is 0 Å². The lowest BCUT2D eigenvalue weighted by Crippen LogP contribution is -2.38. The van der Waals surface area contributed by atoms with E-state index >= 15 is 0 Å². The molecule has 20 heavy (non-hydrogen) atoms. The molecule has 1 aromatic rings. The summed E-state index contributed by atoms with van der Waals surface area (Å²) in [5, 5.41) is 3.23. The number of hydrogen-bond acceptors (Lipinski definition) is 1. The summed E-state index contributed by atoms with van der Waals surface area (Å²) in [6.45, 7) is 5.15. The molecule has 3 nitrogen and oxygen atoms in total. The van der Waals surface area contributed by atoms with Gasteiger partial charge in [0.25, 0.3) is 0 Å². The summed E-state index contributed by atoms with van der Waals surface area (Å²) in [4.78, 5) is 4.51. The smallest absolute Gasteiger partial charge is 0.188 e. The number of rotatable bonds is 4. The summed E-state index contributed by atoms with van der Waals surface area (Å²) >= 11 is 0. The largest absolute Gasteiger partial charge is 0.370 e. The van der Waals surface area contributed by atoms with Gasteiger partial charge in [0.15, 0.2) is 5.96 Å². The Morgan fingerprint density at radius 2 is 2.20 bits per heavy atom. The first-order valence-electron chi connectivity index (χ1n) is 7.35. The van der Waals surface area contributed by atoms with E-state index in [1.807, 2.05) is 0 Å². The average molecular weight is 385 g/mol. The van der Waals surface area contributed by atoms with Crippen LogP contribution in [0.3, 0.4) is 0 Å². The van der Waals surface area contributed by atoms with Crippen molar-refractivity contribution in [2.45, 2.75) is 38.6 Å². The standard InChI is InChI=1S/C16H23N3.HI/c1-3-10(2)19-16(17)18-9-14-13-8-11-6-4-5-7-12(11)15(13)14;/h4-7,10,13-15H,3,8-9H2,1-2H3,(H3,17,18,19);1H. The summed E-state index contributed by atoms with van der Waals surface area (Å²) in [6, 6.07) is 9.25. The van der Waals surface area contributed by atoms with Crippen molar-refractivity contribution < 1.29 is 0 Å². The van der Waals surface area contributed by atoms with E-state index in [0.29, 0.717) is 17.9 Å². The van der Waals surface area contributed by atoms with Crippen LogP contribution in [0.25, 0.3) is 0 Å². The van der Waals surface area contributed by atoms with Crippen molar-refractivity contribution in [3.63, 3.8) is 0 Å². The molecule has 1 aromatic carbocycles. The van der Waals surface area contributed by atoms with Crippen molar-refractivity contribution >= 4 is 29.9 Å². The molecule has 0 aliphatic heterocycles. The molecule has 0 radical (unpaired) electrons. The van der Waals surface area contributed by atoms with E-state index in [4.69, 9.17) is 5.73 Å². The van der Waals surface area contributed by atoms with Crippen LogP contribution in [0.5, 0.6) is 0 Å². The monoisotopic (exact) mass is 385 g/mol. The number of aliphatic imine (C=N–C) groups is 1. The van der Waals surface area contributed by atoms with Gasteiger partial charge in [-0.2, -0.15) is 0 Å². The van der Waals surface area contributed by atoms with Gasteiger partial charge in [0.05, 0.1) is 0 Å². The zero-order valence-electron chi connectivity index (χ0n) is 12.2. The molecule has 0 aromatic heterocycles. The molecule has 0 amide bonds. The molecular weight excluding hydrogens is 361 g/mol. The van der Waals surface area contributed by atoms with Crippen LogP contribution in [0.2, 0.25) is 0 Å². The minimum absolute atomic E-state index is 0. The van der Waals surface area contributed by atoms with Gasteiger partial charge < -0.3 is 11.1 Å². The highest BCUT2D eigenvalue weighted by Gasteiger charge is 2.54. The van der Waals surface area contributed by atoms with Gasteiger partial charge >= 0.3 is 0 Å². The van der Waals surface area contributed by atoms with Crippen LogP contribution < -0.4 is 11.1 Å². The number of hydrogen-bond donors (Lipinski definition) is 2. The number of halogens is 1. The van der Waals surface area contributed by atoms with Crippen LogP contribution in [0.1, 0.15) is 37.3 Å². The molecular formula is C16H24IN3. The Labute approximate surface area is 138 Å². The minimum Gasteiger partial charge on any atom is -0.370 e. The summed E-state index contributed by atoms with van der Waals surface area (Å²) in [5.41, 5.74) is 9.01. The van der Waals surface area contributed by atoms with Crippen molar-refractivity contribution in [2.24, 2.45) is 22.6 Å². The van der Waals surface area contributed by atoms with Gasteiger partial charge in [0, 0.05) is 12.6 Å². The Kier molecular flexibility index (Phi) is 4.94. The first-order chi connectivity index (χ1) is 9.20. The number of fused-ring (bicyclic) bond motifs is 3. The third kappa shape index (κ3) is 2.95. The number of guanidine groups is 1. The van der Waals surface area contributed by atoms with Gasteiger partial charge in [0.2, 0.25) is 0 Å². The second-order valence-corrected chi connectivity index (χ2v) is 5.94. The third-order valence-electron chi connectivity index (χ3n) is 4.68. The van der Waals surface area contributed by atoms with E-state index in [2.05, 4.69) is 48.4 Å². The van der Waals surface area contributed by atoms with Gasteiger partial charge in [-0.1, -0.05) is 31.2 Å². The normalized spacial score (nSPS) is 28.1. The van der Waals surface area contributed by atoms with E-state index in [1.165, 1.54) is 6.42 Å². The molecule has 0 spiro atoms. The van der Waals surface area contributed by atoms with Crippen LogP contribution in [0.4, 0.5) is 0 Å². The van der Waals surface area contributed by atoms with E-state index in [0.717, 1.165) is 24.8 Å². The Bertz CT molecular complexity index is 500. The summed E-state index contributed by atoms with van der Waals surface area (Å²) in [7, 11) is 0. The highest BCUT2D eigenvalue weighted by Crippen LogP contribution is 2.61. The zero-order valence-corrected chi connectivity index (χ0v) is 14.5. The lowest BCUT2D eigenvalue weighted by Gasteiger charge is -2.12. The Hall–Kier alpha value is -0.780. The van der Waals surface area contributed by atoms with Gasteiger partial charge in [-0.15, -0.1) is 24.0 Å². The van der Waals surface area contributed by atoms with Crippen molar-refractivity contribution in [1.82, 2.24) is 5.32 Å². The fourth-order valence-electron chi connectivity index (χ4n) is 3.34. The molecule has 0 heterocycles. The minimum atomic E-state index is 0. The molecule has 4 atom stereocenters. The Morgan fingerprint density at radius 1 is 1.45 bits per heavy atom. The summed E-state index contributed by atoms with van der Waals surface area (Å²) in [5.74, 6) is 2.88. The maximum absolute atomic E-state index is 5.91. The van der Waals surface area contributed by atoms with Gasteiger partial charge in [-0.3, -0.25) is 4.99 Å². The molecule has 3 rings (SSSR count). The highest BCUT2D eigenvalue weighted by atomic mass is 127. The van der Waals surface area contributed by atoms with Gasteiger partial charge in [-0.25, -0.2) is 0 Å². The molecule has 4 heteroatoms. The number of benzene rings is 1. The van der Waals surface area contributed by atoms with Crippen LogP contribution in [-0.4, -0.2) is 18.5 Å². The molecule has 0 saturated heterocycles. The molecule has 1 fully saturated rings. The lowest BCUT2D eigenvalue weighted by atomic mass is 10.0. The fraction of sp³-hybridized carbons (Fsp3) is 0.562. The quantitative estimate of drug-likeness (QED) is 0.476. The van der Waals surface area contributed by atoms with Gasteiger partial charge in [-0.05, 0) is 48.6 Å². The molecule has 2 aliphatic carbocycles. The Balaban J connectivity index is 0.00000147. The zero-order chi connectivity index (χ0) is 13.4. The number of nitrogens with zero attached hydrogens (tertiary/aromatic N) is 1.